The van der Waals surface area contributed by atoms with Crippen LogP contribution < -0.4 is 4.74 Å². The summed E-state index contributed by atoms with van der Waals surface area (Å²) in [7, 11) is 0. The summed E-state index contributed by atoms with van der Waals surface area (Å²) < 4.78 is 21.6. The number of hydrogen-bond donors (Lipinski definition) is 0. The zero-order chi connectivity index (χ0) is 20.7. The van der Waals surface area contributed by atoms with Crippen LogP contribution >= 0.6 is 0 Å². The van der Waals surface area contributed by atoms with E-state index in [1.807, 2.05) is 58.9 Å². The first-order valence-electron chi connectivity index (χ1n) is 9.45. The van der Waals surface area contributed by atoms with Crippen LogP contribution in [-0.4, -0.2) is 38.2 Å². The molecule has 154 valence electrons. The van der Waals surface area contributed by atoms with Crippen LogP contribution in [0.5, 0.6) is 5.75 Å². The Kier molecular flexibility index (Phi) is 8.15. The second kappa shape index (κ2) is 9.45. The highest BCUT2D eigenvalue weighted by molar-refractivity contribution is 5.59. The summed E-state index contributed by atoms with van der Waals surface area (Å²) in [6.45, 7) is 17.6. The number of hydrogen-bond acceptors (Lipinski definition) is 5. The molecule has 1 aromatic rings. The van der Waals surface area contributed by atoms with Crippen molar-refractivity contribution in [2.24, 2.45) is 5.41 Å². The maximum Gasteiger partial charge on any atom is 0.508 e. The largest absolute Gasteiger partial charge is 0.508 e. The molecule has 1 aromatic carbocycles. The normalized spacial score (nSPS) is 12.6. The summed E-state index contributed by atoms with van der Waals surface area (Å²) in [5, 5.41) is 0. The van der Waals surface area contributed by atoms with Crippen molar-refractivity contribution in [2.75, 3.05) is 26.4 Å². The molecule has 0 aliphatic heterocycles. The Bertz CT molecular complexity index is 576. The van der Waals surface area contributed by atoms with E-state index in [9.17, 15) is 4.79 Å². The van der Waals surface area contributed by atoms with Crippen molar-refractivity contribution in [1.29, 1.82) is 0 Å². The van der Waals surface area contributed by atoms with Gasteiger partial charge in [-0.2, -0.15) is 0 Å². The molecule has 0 radical (unpaired) electrons. The van der Waals surface area contributed by atoms with E-state index in [4.69, 9.17) is 18.9 Å². The van der Waals surface area contributed by atoms with E-state index in [0.717, 1.165) is 5.75 Å². The Morgan fingerprint density at radius 2 is 1.41 bits per heavy atom. The highest BCUT2D eigenvalue weighted by atomic mass is 16.7. The van der Waals surface area contributed by atoms with Crippen molar-refractivity contribution >= 4 is 6.16 Å². The molecular weight excluding hydrogens is 344 g/mol. The van der Waals surface area contributed by atoms with Gasteiger partial charge in [0.2, 0.25) is 0 Å². The average molecular weight is 381 g/mol. The van der Waals surface area contributed by atoms with Gasteiger partial charge in [-0.1, -0.05) is 46.8 Å². The molecule has 0 fully saturated rings. The fraction of sp³-hybridized carbons (Fsp3) is 0.682. The van der Waals surface area contributed by atoms with Gasteiger partial charge in [0.1, 0.15) is 25.6 Å². The number of benzene rings is 1. The van der Waals surface area contributed by atoms with Crippen molar-refractivity contribution < 1.29 is 23.7 Å². The molecule has 0 atom stereocenters. The molecule has 0 unspecified atom stereocenters. The maximum absolute atomic E-state index is 11.7. The summed E-state index contributed by atoms with van der Waals surface area (Å²) in [6, 6.07) is 7.95. The van der Waals surface area contributed by atoms with Crippen LogP contribution in [0.4, 0.5) is 4.79 Å². The fourth-order valence-electron chi connectivity index (χ4n) is 2.09. The minimum absolute atomic E-state index is 0.108. The third-order valence-electron chi connectivity index (χ3n) is 3.77. The Hall–Kier alpha value is -1.75. The fourth-order valence-corrected chi connectivity index (χ4v) is 2.09. The van der Waals surface area contributed by atoms with Crippen molar-refractivity contribution in [1.82, 2.24) is 0 Å². The first-order valence-corrected chi connectivity index (χ1v) is 9.45. The summed E-state index contributed by atoms with van der Waals surface area (Å²) in [6.07, 6.45) is -0.689. The van der Waals surface area contributed by atoms with Crippen molar-refractivity contribution in [3.8, 4) is 5.75 Å². The molecule has 0 saturated carbocycles. The van der Waals surface area contributed by atoms with Crippen LogP contribution in [0.1, 0.15) is 61.0 Å². The lowest BCUT2D eigenvalue weighted by atomic mass is 9.87. The van der Waals surface area contributed by atoms with E-state index in [1.165, 1.54) is 5.56 Å². The summed E-state index contributed by atoms with van der Waals surface area (Å²) in [5.41, 5.74) is 0.849. The van der Waals surface area contributed by atoms with Crippen molar-refractivity contribution in [2.45, 2.75) is 66.4 Å². The molecule has 5 heteroatoms. The van der Waals surface area contributed by atoms with Crippen LogP contribution in [0, 0.1) is 5.41 Å². The van der Waals surface area contributed by atoms with E-state index in [1.54, 1.807) is 0 Å². The molecule has 0 bridgehead atoms. The van der Waals surface area contributed by atoms with Crippen LogP contribution in [0.25, 0.3) is 0 Å². The quantitative estimate of drug-likeness (QED) is 0.449. The summed E-state index contributed by atoms with van der Waals surface area (Å²) >= 11 is 0. The molecule has 27 heavy (non-hydrogen) atoms. The highest BCUT2D eigenvalue weighted by Crippen LogP contribution is 2.24. The van der Waals surface area contributed by atoms with E-state index in [0.29, 0.717) is 6.61 Å². The highest BCUT2D eigenvalue weighted by Gasteiger charge is 2.24. The number of ether oxygens (including phenoxy) is 4. The second-order valence-corrected chi connectivity index (χ2v) is 9.58. The molecule has 5 nitrogen and oxygen atoms in total. The SMILES string of the molecule is CC(C)(COC(=O)OCCOc1ccc(C(C)(C)C)cc1)COC(C)(C)C. The van der Waals surface area contributed by atoms with E-state index in [2.05, 4.69) is 20.8 Å². The summed E-state index contributed by atoms with van der Waals surface area (Å²) in [5.74, 6) is 0.750. The topological polar surface area (TPSA) is 54.0 Å². The van der Waals surface area contributed by atoms with Gasteiger partial charge in [0.15, 0.2) is 0 Å². The standard InChI is InChI=1S/C22H36O5/c1-20(2,3)17-9-11-18(12-10-17)24-13-14-25-19(23)26-15-22(7,8)16-27-21(4,5)6/h9-12H,13-16H2,1-8H3. The predicted octanol–water partition coefficient (Wildman–Crippen LogP) is 5.36. The molecule has 1 rings (SSSR count). The van der Waals surface area contributed by atoms with Gasteiger partial charge in [-0.05, 0) is 43.9 Å². The molecule has 0 aliphatic carbocycles. The van der Waals surface area contributed by atoms with Gasteiger partial charge in [0.05, 0.1) is 12.2 Å². The lowest BCUT2D eigenvalue weighted by molar-refractivity contribution is -0.0636. The number of carbonyl (C=O) groups is 1. The molecule has 0 saturated heterocycles. The molecular formula is C22H36O5. The zero-order valence-electron chi connectivity index (χ0n) is 18.2. The lowest BCUT2D eigenvalue weighted by Gasteiger charge is -2.29. The Morgan fingerprint density at radius 3 is 1.93 bits per heavy atom. The van der Waals surface area contributed by atoms with Crippen LogP contribution in [0.3, 0.4) is 0 Å². The Morgan fingerprint density at radius 1 is 0.815 bits per heavy atom. The number of carbonyl (C=O) groups excluding carboxylic acids is 1. The molecule has 0 spiro atoms. The Labute approximate surface area is 164 Å². The minimum atomic E-state index is -0.689. The van der Waals surface area contributed by atoms with Crippen LogP contribution in [-0.2, 0) is 19.6 Å². The average Bonchev–Trinajstić information content (AvgIpc) is 2.54. The van der Waals surface area contributed by atoms with Gasteiger partial charge >= 0.3 is 6.16 Å². The molecule has 0 amide bonds. The predicted molar refractivity (Wildman–Crippen MR) is 107 cm³/mol. The smallest absolute Gasteiger partial charge is 0.490 e. The second-order valence-electron chi connectivity index (χ2n) is 9.58. The van der Waals surface area contributed by atoms with E-state index in [-0.39, 0.29) is 36.3 Å². The third-order valence-corrected chi connectivity index (χ3v) is 3.77. The number of rotatable bonds is 8. The molecule has 0 aromatic heterocycles. The Balaban J connectivity index is 2.25. The summed E-state index contributed by atoms with van der Waals surface area (Å²) in [4.78, 5) is 11.7. The maximum atomic E-state index is 11.7. The van der Waals surface area contributed by atoms with E-state index < -0.39 is 6.16 Å². The van der Waals surface area contributed by atoms with Crippen molar-refractivity contribution in [3.05, 3.63) is 29.8 Å². The van der Waals surface area contributed by atoms with Crippen molar-refractivity contribution in [3.63, 3.8) is 0 Å². The first-order chi connectivity index (χ1) is 12.3. The minimum Gasteiger partial charge on any atom is -0.490 e. The first kappa shape index (κ1) is 23.3. The van der Waals surface area contributed by atoms with Gasteiger partial charge < -0.3 is 18.9 Å². The van der Waals surface area contributed by atoms with Crippen LogP contribution in [0.2, 0.25) is 0 Å². The van der Waals surface area contributed by atoms with Gasteiger partial charge in [0, 0.05) is 5.41 Å². The zero-order valence-corrected chi connectivity index (χ0v) is 18.2. The van der Waals surface area contributed by atoms with Gasteiger partial charge in [-0.15, -0.1) is 0 Å². The van der Waals surface area contributed by atoms with Crippen LogP contribution in [0.15, 0.2) is 24.3 Å². The third kappa shape index (κ3) is 10.2. The monoisotopic (exact) mass is 380 g/mol. The van der Waals surface area contributed by atoms with Gasteiger partial charge in [-0.25, -0.2) is 4.79 Å². The van der Waals surface area contributed by atoms with Gasteiger partial charge in [-0.3, -0.25) is 0 Å². The van der Waals surface area contributed by atoms with E-state index >= 15 is 0 Å². The lowest BCUT2D eigenvalue weighted by Crippen LogP contribution is -2.32. The molecule has 0 N–H and O–H groups in total. The van der Waals surface area contributed by atoms with Gasteiger partial charge in [0.25, 0.3) is 0 Å². The molecule has 0 aliphatic rings. The molecule has 0 heterocycles.